The van der Waals surface area contributed by atoms with E-state index in [2.05, 4.69) is 21.2 Å². The highest BCUT2D eigenvalue weighted by atomic mass is 79.9. The first kappa shape index (κ1) is 18.0. The molecule has 1 amide bonds. The normalized spacial score (nSPS) is 11.5. The highest BCUT2D eigenvalue weighted by Gasteiger charge is 2.20. The van der Waals surface area contributed by atoms with Crippen molar-refractivity contribution in [1.29, 1.82) is 0 Å². The molecule has 1 atom stereocenters. The van der Waals surface area contributed by atoms with Gasteiger partial charge in [-0.1, -0.05) is 30.3 Å². The van der Waals surface area contributed by atoms with Gasteiger partial charge >= 0.3 is 5.97 Å². The maximum atomic E-state index is 12.2. The molecule has 1 unspecified atom stereocenters. The predicted octanol–water partition coefficient (Wildman–Crippen LogP) is 3.32. The molecule has 126 valence electrons. The molecule has 5 nitrogen and oxygen atoms in total. The Morgan fingerprint density at radius 2 is 1.88 bits per heavy atom. The molecule has 0 fully saturated rings. The van der Waals surface area contributed by atoms with E-state index in [0.717, 1.165) is 5.56 Å². The van der Waals surface area contributed by atoms with Crippen LogP contribution in [0.4, 0.5) is 0 Å². The monoisotopic (exact) mass is 391 g/mol. The highest BCUT2D eigenvalue weighted by Crippen LogP contribution is 2.23. The minimum Gasteiger partial charge on any atom is -0.497 e. The zero-order valence-electron chi connectivity index (χ0n) is 13.4. The second-order valence-corrected chi connectivity index (χ2v) is 5.95. The van der Waals surface area contributed by atoms with Gasteiger partial charge in [0.05, 0.1) is 12.7 Å². The Morgan fingerprint density at radius 3 is 2.54 bits per heavy atom. The minimum atomic E-state index is -0.903. The first-order valence-corrected chi connectivity index (χ1v) is 8.16. The molecule has 0 aliphatic rings. The van der Waals surface area contributed by atoms with E-state index in [1.165, 1.54) is 14.0 Å². The Labute approximate surface area is 149 Å². The summed E-state index contributed by atoms with van der Waals surface area (Å²) < 4.78 is 10.9. The van der Waals surface area contributed by atoms with Crippen molar-refractivity contribution in [1.82, 2.24) is 5.32 Å². The average molecular weight is 392 g/mol. The van der Waals surface area contributed by atoms with E-state index >= 15 is 0 Å². The Kier molecular flexibility index (Phi) is 6.37. The summed E-state index contributed by atoms with van der Waals surface area (Å²) in [7, 11) is 1.51. The molecule has 0 aliphatic carbocycles. The molecule has 24 heavy (non-hydrogen) atoms. The number of nitrogens with one attached hydrogen (secondary N) is 1. The molecule has 0 saturated carbocycles. The van der Waals surface area contributed by atoms with Crippen LogP contribution < -0.4 is 10.1 Å². The van der Waals surface area contributed by atoms with Gasteiger partial charge in [0.1, 0.15) is 5.75 Å². The van der Waals surface area contributed by atoms with Crippen molar-refractivity contribution in [2.45, 2.75) is 19.6 Å². The van der Waals surface area contributed by atoms with Crippen LogP contribution in [0.5, 0.6) is 5.75 Å². The summed E-state index contributed by atoms with van der Waals surface area (Å²) >= 11 is 3.29. The number of carbonyl (C=O) groups is 2. The van der Waals surface area contributed by atoms with Crippen LogP contribution in [0.15, 0.2) is 53.0 Å². The number of halogens is 1. The van der Waals surface area contributed by atoms with Crippen molar-refractivity contribution in [3.05, 3.63) is 64.1 Å². The summed E-state index contributed by atoms with van der Waals surface area (Å²) in [6.45, 7) is 1.91. The van der Waals surface area contributed by atoms with Gasteiger partial charge < -0.3 is 14.8 Å². The lowest BCUT2D eigenvalue weighted by Crippen LogP contribution is -2.35. The number of esters is 1. The van der Waals surface area contributed by atoms with Gasteiger partial charge in [0.15, 0.2) is 6.10 Å². The lowest BCUT2D eigenvalue weighted by atomic mass is 10.2. The predicted molar refractivity (Wildman–Crippen MR) is 93.9 cm³/mol. The van der Waals surface area contributed by atoms with Crippen molar-refractivity contribution < 1.29 is 19.1 Å². The van der Waals surface area contributed by atoms with Gasteiger partial charge in [0.25, 0.3) is 5.91 Å². The topological polar surface area (TPSA) is 64.6 Å². The Bertz CT molecular complexity index is 718. The van der Waals surface area contributed by atoms with E-state index in [-0.39, 0.29) is 5.91 Å². The maximum Gasteiger partial charge on any atom is 0.340 e. The van der Waals surface area contributed by atoms with Gasteiger partial charge in [-0.2, -0.15) is 0 Å². The molecule has 0 aromatic heterocycles. The first-order valence-electron chi connectivity index (χ1n) is 7.37. The number of amides is 1. The number of hydrogen-bond acceptors (Lipinski definition) is 4. The highest BCUT2D eigenvalue weighted by molar-refractivity contribution is 9.10. The molecule has 2 rings (SSSR count). The number of hydrogen-bond donors (Lipinski definition) is 1. The van der Waals surface area contributed by atoms with Gasteiger partial charge in [-0.3, -0.25) is 4.79 Å². The molecule has 0 radical (unpaired) electrons. The van der Waals surface area contributed by atoms with E-state index in [0.29, 0.717) is 22.3 Å². The number of methoxy groups -OCH3 is 1. The largest absolute Gasteiger partial charge is 0.497 e. The van der Waals surface area contributed by atoms with E-state index in [1.807, 2.05) is 30.3 Å². The standard InChI is InChI=1S/C18H18BrNO4/c1-12(17(21)20-11-13-6-4-3-5-7-13)24-18(22)15-10-14(23-2)8-9-16(15)19/h3-10,12H,11H2,1-2H3,(H,20,21). The molecule has 1 N–H and O–H groups in total. The van der Waals surface area contributed by atoms with Crippen molar-refractivity contribution >= 4 is 27.8 Å². The fourth-order valence-electron chi connectivity index (χ4n) is 1.99. The minimum absolute atomic E-state index is 0.303. The first-order chi connectivity index (χ1) is 11.5. The SMILES string of the molecule is COc1ccc(Br)c(C(=O)OC(C)C(=O)NCc2ccccc2)c1. The van der Waals surface area contributed by atoms with Crippen molar-refractivity contribution in [3.63, 3.8) is 0 Å². The van der Waals surface area contributed by atoms with Gasteiger partial charge in [-0.15, -0.1) is 0 Å². The fourth-order valence-corrected chi connectivity index (χ4v) is 2.40. The zero-order chi connectivity index (χ0) is 17.5. The number of rotatable bonds is 6. The zero-order valence-corrected chi connectivity index (χ0v) is 15.0. The van der Waals surface area contributed by atoms with E-state index < -0.39 is 12.1 Å². The second-order valence-electron chi connectivity index (χ2n) is 5.10. The van der Waals surface area contributed by atoms with Crippen LogP contribution >= 0.6 is 15.9 Å². The van der Waals surface area contributed by atoms with Crippen molar-refractivity contribution in [3.8, 4) is 5.75 Å². The van der Waals surface area contributed by atoms with E-state index in [1.54, 1.807) is 18.2 Å². The molecule has 0 heterocycles. The molecule has 2 aromatic carbocycles. The van der Waals surface area contributed by atoms with Crippen LogP contribution in [0, 0.1) is 0 Å². The number of ether oxygens (including phenoxy) is 2. The van der Waals surface area contributed by atoms with Crippen LogP contribution in [-0.4, -0.2) is 25.1 Å². The van der Waals surface area contributed by atoms with Gasteiger partial charge in [0.2, 0.25) is 0 Å². The van der Waals surface area contributed by atoms with Crippen LogP contribution in [0.2, 0.25) is 0 Å². The summed E-state index contributed by atoms with van der Waals surface area (Å²) in [5.74, 6) is -0.416. The van der Waals surface area contributed by atoms with E-state index in [9.17, 15) is 9.59 Å². The van der Waals surface area contributed by atoms with Crippen LogP contribution in [0.1, 0.15) is 22.8 Å². The van der Waals surface area contributed by atoms with E-state index in [4.69, 9.17) is 9.47 Å². The Hall–Kier alpha value is -2.34. The van der Waals surface area contributed by atoms with Gasteiger partial charge in [-0.05, 0) is 46.6 Å². The molecule has 2 aromatic rings. The Morgan fingerprint density at radius 1 is 1.17 bits per heavy atom. The summed E-state index contributed by atoms with van der Waals surface area (Å²) in [5, 5.41) is 2.74. The van der Waals surface area contributed by atoms with Crippen LogP contribution in [-0.2, 0) is 16.1 Å². The molecule has 0 aliphatic heterocycles. The number of carbonyl (C=O) groups excluding carboxylic acids is 2. The van der Waals surface area contributed by atoms with Crippen LogP contribution in [0.3, 0.4) is 0 Å². The molecule has 0 bridgehead atoms. The quantitative estimate of drug-likeness (QED) is 0.767. The van der Waals surface area contributed by atoms with Gasteiger partial charge in [-0.25, -0.2) is 4.79 Å². The smallest absolute Gasteiger partial charge is 0.340 e. The average Bonchev–Trinajstić information content (AvgIpc) is 2.60. The van der Waals surface area contributed by atoms with Crippen molar-refractivity contribution in [2.24, 2.45) is 0 Å². The second kappa shape index (κ2) is 8.49. The summed E-state index contributed by atoms with van der Waals surface area (Å²) in [6, 6.07) is 14.5. The summed E-state index contributed by atoms with van der Waals surface area (Å²) in [5.41, 5.74) is 1.27. The summed E-state index contributed by atoms with van der Waals surface area (Å²) in [6.07, 6.45) is -0.903. The fraction of sp³-hybridized carbons (Fsp3) is 0.222. The molecule has 6 heteroatoms. The van der Waals surface area contributed by atoms with Crippen molar-refractivity contribution in [2.75, 3.05) is 7.11 Å². The number of benzene rings is 2. The molecular weight excluding hydrogens is 374 g/mol. The lowest BCUT2D eigenvalue weighted by Gasteiger charge is -2.14. The molecule has 0 saturated heterocycles. The third-order valence-electron chi connectivity index (χ3n) is 3.36. The summed E-state index contributed by atoms with van der Waals surface area (Å²) in [4.78, 5) is 24.3. The Balaban J connectivity index is 1.94. The third kappa shape index (κ3) is 4.83. The maximum absolute atomic E-state index is 12.2. The molecular formula is C18H18BrNO4. The molecule has 0 spiro atoms. The van der Waals surface area contributed by atoms with Crippen LogP contribution in [0.25, 0.3) is 0 Å². The lowest BCUT2D eigenvalue weighted by molar-refractivity contribution is -0.129. The van der Waals surface area contributed by atoms with Gasteiger partial charge in [0, 0.05) is 11.0 Å². The third-order valence-corrected chi connectivity index (χ3v) is 4.05.